The number of hydrogen-bond donors (Lipinski definition) is 1. The van der Waals surface area contributed by atoms with Crippen LogP contribution in [0.3, 0.4) is 0 Å². The van der Waals surface area contributed by atoms with Gasteiger partial charge in [0.05, 0.1) is 16.3 Å². The van der Waals surface area contributed by atoms with Crippen LogP contribution in [0.25, 0.3) is 10.1 Å². The van der Waals surface area contributed by atoms with E-state index in [0.29, 0.717) is 10.6 Å². The number of carbonyl (C=O) groups is 1. The fourth-order valence-corrected chi connectivity index (χ4v) is 3.34. The molecule has 0 aliphatic carbocycles. The van der Waals surface area contributed by atoms with Crippen molar-refractivity contribution in [3.8, 4) is 0 Å². The number of nitrogens with zero attached hydrogens (tertiary/aromatic N) is 1. The summed E-state index contributed by atoms with van der Waals surface area (Å²) < 4.78 is 14.7. The first-order valence-corrected chi connectivity index (χ1v) is 7.77. The van der Waals surface area contributed by atoms with Crippen LogP contribution in [0.4, 0.5) is 10.1 Å². The highest BCUT2D eigenvalue weighted by Gasteiger charge is 2.12. The van der Waals surface area contributed by atoms with Gasteiger partial charge in [0.15, 0.2) is 0 Å². The Morgan fingerprint density at radius 3 is 2.86 bits per heavy atom. The second-order valence-electron chi connectivity index (χ2n) is 4.51. The second-order valence-corrected chi connectivity index (χ2v) is 6.41. The van der Waals surface area contributed by atoms with Crippen LogP contribution in [0, 0.1) is 12.7 Å². The molecule has 0 fully saturated rings. The lowest BCUT2D eigenvalue weighted by atomic mass is 10.2. The Hall–Kier alpha value is -1.79. The molecule has 0 saturated heterocycles. The van der Waals surface area contributed by atoms with Crippen molar-refractivity contribution >= 4 is 48.9 Å². The molecule has 1 N–H and O–H groups in total. The zero-order valence-corrected chi connectivity index (χ0v) is 13.4. The van der Waals surface area contributed by atoms with Crippen molar-refractivity contribution in [1.82, 2.24) is 4.98 Å². The summed E-state index contributed by atoms with van der Waals surface area (Å²) >= 11 is 4.55. The molecule has 3 rings (SSSR count). The van der Waals surface area contributed by atoms with Gasteiger partial charge in [-0.3, -0.25) is 4.79 Å². The molecule has 2 heterocycles. The lowest BCUT2D eigenvalue weighted by Gasteiger charge is -2.06. The summed E-state index contributed by atoms with van der Waals surface area (Å²) in [5.41, 5.74) is 1.39. The molecule has 21 heavy (non-hydrogen) atoms. The predicted octanol–water partition coefficient (Wildman–Crippen LogP) is 4.76. The first-order chi connectivity index (χ1) is 10.0. The van der Waals surface area contributed by atoms with Crippen LogP contribution in [0.5, 0.6) is 0 Å². The maximum atomic E-state index is 13.2. The van der Waals surface area contributed by atoms with Crippen molar-refractivity contribution in [2.24, 2.45) is 0 Å². The number of nitrogens with one attached hydrogen (secondary N) is 1. The normalized spacial score (nSPS) is 10.8. The summed E-state index contributed by atoms with van der Waals surface area (Å²) in [4.78, 5) is 17.0. The summed E-state index contributed by atoms with van der Waals surface area (Å²) in [6.45, 7) is 1.82. The number of aryl methyl sites for hydroxylation is 1. The molecule has 1 amide bonds. The summed E-state index contributed by atoms with van der Waals surface area (Å²) in [5.74, 6) is -0.520. The number of halogens is 2. The van der Waals surface area contributed by atoms with Crippen molar-refractivity contribution in [1.29, 1.82) is 0 Å². The maximum absolute atomic E-state index is 13.2. The summed E-state index contributed by atoms with van der Waals surface area (Å²) in [6.07, 6.45) is 0. The molecular weight excluding hydrogens is 355 g/mol. The Balaban J connectivity index is 1.89. The van der Waals surface area contributed by atoms with Crippen LogP contribution in [0.15, 0.2) is 41.0 Å². The lowest BCUT2D eigenvalue weighted by molar-refractivity contribution is 0.103. The molecule has 0 bridgehead atoms. The maximum Gasteiger partial charge on any atom is 0.265 e. The molecule has 0 saturated carbocycles. The van der Waals surface area contributed by atoms with Gasteiger partial charge >= 0.3 is 0 Å². The minimum absolute atomic E-state index is 0.219. The van der Waals surface area contributed by atoms with Gasteiger partial charge in [-0.2, -0.15) is 0 Å². The van der Waals surface area contributed by atoms with E-state index in [2.05, 4.69) is 26.2 Å². The van der Waals surface area contributed by atoms with Gasteiger partial charge in [-0.1, -0.05) is 6.07 Å². The van der Waals surface area contributed by atoms with Crippen molar-refractivity contribution in [3.05, 3.63) is 57.4 Å². The van der Waals surface area contributed by atoms with Gasteiger partial charge < -0.3 is 5.32 Å². The van der Waals surface area contributed by atoms with Gasteiger partial charge in [-0.25, -0.2) is 9.37 Å². The molecule has 3 nitrogen and oxygen atoms in total. The van der Waals surface area contributed by atoms with Crippen molar-refractivity contribution < 1.29 is 9.18 Å². The quantitative estimate of drug-likeness (QED) is 0.666. The Kier molecular flexibility index (Phi) is 3.73. The van der Waals surface area contributed by atoms with Crippen LogP contribution >= 0.6 is 27.3 Å². The number of benzene rings is 1. The molecule has 0 unspecified atom stereocenters. The fourth-order valence-electron chi connectivity index (χ4n) is 1.96. The Morgan fingerprint density at radius 1 is 1.29 bits per heavy atom. The van der Waals surface area contributed by atoms with Gasteiger partial charge in [0, 0.05) is 4.70 Å². The van der Waals surface area contributed by atoms with Crippen LogP contribution in [0.2, 0.25) is 0 Å². The molecule has 3 aromatic rings. The van der Waals surface area contributed by atoms with Crippen molar-refractivity contribution in [2.75, 3.05) is 5.32 Å². The van der Waals surface area contributed by atoms with Gasteiger partial charge in [0.2, 0.25) is 0 Å². The number of anilines is 1. The number of carbonyl (C=O) groups excluding carboxylic acids is 1. The average Bonchev–Trinajstić information content (AvgIpc) is 2.85. The Bertz CT molecular complexity index is 847. The van der Waals surface area contributed by atoms with Crippen LogP contribution in [0.1, 0.15) is 15.4 Å². The van der Waals surface area contributed by atoms with Gasteiger partial charge in [0.1, 0.15) is 10.4 Å². The molecule has 0 aliphatic rings. The molecule has 0 spiro atoms. The number of thiophene rings is 1. The first kappa shape index (κ1) is 14.2. The SMILES string of the molecule is Cc1nc(Br)ccc1NC(=O)c1cc2ccc(F)cc2s1. The minimum Gasteiger partial charge on any atom is -0.320 e. The lowest BCUT2D eigenvalue weighted by Crippen LogP contribution is -2.11. The van der Waals surface area contributed by atoms with E-state index < -0.39 is 0 Å². The highest BCUT2D eigenvalue weighted by molar-refractivity contribution is 9.10. The predicted molar refractivity (Wildman–Crippen MR) is 86.4 cm³/mol. The van der Waals surface area contributed by atoms with Crippen LogP contribution in [-0.4, -0.2) is 10.9 Å². The van der Waals surface area contributed by atoms with E-state index >= 15 is 0 Å². The van der Waals surface area contributed by atoms with Gasteiger partial charge in [-0.15, -0.1) is 11.3 Å². The van der Waals surface area contributed by atoms with E-state index in [1.54, 1.807) is 24.3 Å². The molecule has 6 heteroatoms. The van der Waals surface area contributed by atoms with E-state index in [1.807, 2.05) is 6.92 Å². The number of pyridine rings is 1. The number of fused-ring (bicyclic) bond motifs is 1. The van der Waals surface area contributed by atoms with E-state index in [0.717, 1.165) is 20.4 Å². The molecule has 0 radical (unpaired) electrons. The first-order valence-electron chi connectivity index (χ1n) is 6.16. The number of amides is 1. The molecule has 0 atom stereocenters. The van der Waals surface area contributed by atoms with Crippen molar-refractivity contribution in [3.63, 3.8) is 0 Å². The molecule has 2 aromatic heterocycles. The number of hydrogen-bond acceptors (Lipinski definition) is 3. The topological polar surface area (TPSA) is 42.0 Å². The largest absolute Gasteiger partial charge is 0.320 e. The summed E-state index contributed by atoms with van der Waals surface area (Å²) in [5, 5.41) is 3.68. The highest BCUT2D eigenvalue weighted by Crippen LogP contribution is 2.27. The average molecular weight is 365 g/mol. The molecule has 1 aromatic carbocycles. The zero-order valence-electron chi connectivity index (χ0n) is 11.0. The summed E-state index contributed by atoms with van der Waals surface area (Å²) in [7, 11) is 0. The monoisotopic (exact) mass is 364 g/mol. The Labute approximate surface area is 133 Å². The second kappa shape index (κ2) is 5.54. The van der Waals surface area contributed by atoms with Gasteiger partial charge in [-0.05, 0) is 58.6 Å². The van der Waals surface area contributed by atoms with Crippen molar-refractivity contribution in [2.45, 2.75) is 6.92 Å². The third-order valence-electron chi connectivity index (χ3n) is 3.01. The molecular formula is C15H10BrFN2OS. The third-order valence-corrected chi connectivity index (χ3v) is 4.54. The standard InChI is InChI=1S/C15H10BrFN2OS/c1-8-11(4-5-14(16)18-8)19-15(20)13-6-9-2-3-10(17)7-12(9)21-13/h2-7H,1H3,(H,19,20). The van der Waals surface area contributed by atoms with E-state index in [1.165, 1.54) is 23.5 Å². The Morgan fingerprint density at radius 2 is 2.10 bits per heavy atom. The van der Waals surface area contributed by atoms with Crippen LogP contribution < -0.4 is 5.32 Å². The number of aromatic nitrogens is 1. The zero-order chi connectivity index (χ0) is 15.0. The van der Waals surface area contributed by atoms with E-state index in [4.69, 9.17) is 0 Å². The van der Waals surface area contributed by atoms with E-state index in [-0.39, 0.29) is 11.7 Å². The fraction of sp³-hybridized carbons (Fsp3) is 0.0667. The third kappa shape index (κ3) is 2.96. The number of rotatable bonds is 2. The molecule has 0 aliphatic heterocycles. The summed E-state index contributed by atoms with van der Waals surface area (Å²) in [6, 6.07) is 9.81. The minimum atomic E-state index is -0.302. The molecule has 106 valence electrons. The van der Waals surface area contributed by atoms with E-state index in [9.17, 15) is 9.18 Å². The smallest absolute Gasteiger partial charge is 0.265 e. The van der Waals surface area contributed by atoms with Gasteiger partial charge in [0.25, 0.3) is 5.91 Å². The van der Waals surface area contributed by atoms with Crippen LogP contribution in [-0.2, 0) is 0 Å². The highest BCUT2D eigenvalue weighted by atomic mass is 79.9.